The van der Waals surface area contributed by atoms with Crippen molar-refractivity contribution < 1.29 is 22.7 Å². The number of amides is 1. The molecule has 3 fully saturated rings. The highest BCUT2D eigenvalue weighted by atomic mass is 32.2. The Morgan fingerprint density at radius 1 is 1.03 bits per heavy atom. The lowest BCUT2D eigenvalue weighted by atomic mass is 9.69. The first-order chi connectivity index (χ1) is 15.2. The second kappa shape index (κ2) is 7.17. The molecule has 4 atom stereocenters. The lowest BCUT2D eigenvalue weighted by Crippen LogP contribution is -2.46. The molecule has 3 aliphatic rings. The molecule has 5 rings (SSSR count). The summed E-state index contributed by atoms with van der Waals surface area (Å²) in [5.74, 6) is -0.966. The van der Waals surface area contributed by atoms with Crippen LogP contribution in [0.25, 0.3) is 0 Å². The maximum Gasteiger partial charge on any atom is 0.339 e. The minimum absolute atomic E-state index is 0.0198. The van der Waals surface area contributed by atoms with Gasteiger partial charge in [-0.3, -0.25) is 4.79 Å². The van der Waals surface area contributed by atoms with Crippen LogP contribution in [0.15, 0.2) is 60.7 Å². The normalized spacial score (nSPS) is 30.0. The van der Waals surface area contributed by atoms with Crippen LogP contribution >= 0.6 is 0 Å². The number of benzene rings is 2. The highest BCUT2D eigenvalue weighted by Crippen LogP contribution is 2.70. The second-order valence-electron chi connectivity index (χ2n) is 9.82. The van der Waals surface area contributed by atoms with Crippen LogP contribution in [0.4, 0.5) is 0 Å². The first-order valence-electron chi connectivity index (χ1n) is 11.0. The summed E-state index contributed by atoms with van der Waals surface area (Å²) in [4.78, 5) is 26.6. The molecular weight excluding hydrogens is 426 g/mol. The van der Waals surface area contributed by atoms with Crippen LogP contribution in [0.2, 0.25) is 0 Å². The van der Waals surface area contributed by atoms with E-state index < -0.39 is 33.4 Å². The molecule has 1 amide bonds. The van der Waals surface area contributed by atoms with Crippen molar-refractivity contribution in [1.29, 1.82) is 0 Å². The number of rotatable bonds is 4. The molecule has 0 unspecified atom stereocenters. The Hall–Kier alpha value is -2.67. The fraction of sp³-hybridized carbons (Fsp3) is 0.440. The quantitative estimate of drug-likeness (QED) is 0.655. The lowest BCUT2D eigenvalue weighted by molar-refractivity contribution is -0.138. The average molecular weight is 454 g/mol. The molecule has 32 heavy (non-hydrogen) atoms. The Balaban J connectivity index is 1.52. The van der Waals surface area contributed by atoms with E-state index in [0.717, 1.165) is 17.1 Å². The van der Waals surface area contributed by atoms with E-state index in [1.807, 2.05) is 0 Å². The summed E-state index contributed by atoms with van der Waals surface area (Å²) in [5.41, 5.74) is 0.183. The van der Waals surface area contributed by atoms with Crippen molar-refractivity contribution in [3.05, 3.63) is 71.8 Å². The van der Waals surface area contributed by atoms with Crippen LogP contribution in [0, 0.1) is 16.7 Å². The van der Waals surface area contributed by atoms with Crippen molar-refractivity contribution in [2.24, 2.45) is 16.7 Å². The Kier molecular flexibility index (Phi) is 4.75. The molecule has 1 heterocycles. The van der Waals surface area contributed by atoms with E-state index in [9.17, 15) is 18.0 Å². The summed E-state index contributed by atoms with van der Waals surface area (Å²) in [7, 11) is -3.82. The zero-order valence-electron chi connectivity index (χ0n) is 18.2. The number of carbonyl (C=O) groups excluding carboxylic acids is 2. The van der Waals surface area contributed by atoms with Gasteiger partial charge in [0.15, 0.2) is 0 Å². The zero-order valence-corrected chi connectivity index (χ0v) is 19.0. The smallest absolute Gasteiger partial charge is 0.339 e. The molecule has 0 radical (unpaired) electrons. The maximum atomic E-state index is 13.8. The minimum atomic E-state index is -3.82. The number of hydrogen-bond acceptors (Lipinski definition) is 5. The number of sulfonamides is 1. The van der Waals surface area contributed by atoms with Gasteiger partial charge in [-0.15, -0.1) is 0 Å². The molecule has 6 nitrogen and oxygen atoms in total. The van der Waals surface area contributed by atoms with E-state index in [2.05, 4.69) is 13.8 Å². The summed E-state index contributed by atoms with van der Waals surface area (Å²) >= 11 is 0. The zero-order chi connectivity index (χ0) is 22.7. The van der Waals surface area contributed by atoms with Crippen molar-refractivity contribution in [2.45, 2.75) is 45.3 Å². The first-order valence-corrected chi connectivity index (χ1v) is 12.7. The third-order valence-electron chi connectivity index (χ3n) is 8.19. The average Bonchev–Trinajstić information content (AvgIpc) is 3.26. The Labute approximate surface area is 188 Å². The van der Waals surface area contributed by atoms with E-state index in [1.165, 1.54) is 0 Å². The second-order valence-corrected chi connectivity index (χ2v) is 11.7. The Morgan fingerprint density at radius 2 is 1.66 bits per heavy atom. The van der Waals surface area contributed by atoms with Crippen molar-refractivity contribution in [1.82, 2.24) is 4.31 Å². The summed E-state index contributed by atoms with van der Waals surface area (Å²) < 4.78 is 33.4. The molecule has 2 aliphatic carbocycles. The molecule has 2 aromatic carbocycles. The largest absolute Gasteiger partial charge is 0.444 e. The molecule has 1 saturated heterocycles. The van der Waals surface area contributed by atoms with Gasteiger partial charge in [-0.25, -0.2) is 17.5 Å². The third kappa shape index (κ3) is 2.94. The SMILES string of the molecule is CC1(C)[C@@H]2CC[C@]13CS(=O)(=O)N(C(=O)[C@@H](OC(=O)c1ccccc1)c1ccccc1)[C@@H]3C2. The number of hydrogen-bond donors (Lipinski definition) is 0. The first kappa shape index (κ1) is 21.2. The fourth-order valence-electron chi connectivity index (χ4n) is 6.33. The van der Waals surface area contributed by atoms with Gasteiger partial charge in [0.25, 0.3) is 5.91 Å². The van der Waals surface area contributed by atoms with Crippen LogP contribution in [0.5, 0.6) is 0 Å². The molecule has 7 heteroatoms. The van der Waals surface area contributed by atoms with E-state index in [4.69, 9.17) is 4.74 Å². The molecule has 1 spiro atoms. The van der Waals surface area contributed by atoms with E-state index >= 15 is 0 Å². The van der Waals surface area contributed by atoms with Gasteiger partial charge in [0, 0.05) is 11.0 Å². The molecule has 2 aromatic rings. The number of ether oxygens (including phenoxy) is 1. The topological polar surface area (TPSA) is 80.8 Å². The van der Waals surface area contributed by atoms with Gasteiger partial charge in [0.2, 0.25) is 16.1 Å². The predicted molar refractivity (Wildman–Crippen MR) is 119 cm³/mol. The summed E-state index contributed by atoms with van der Waals surface area (Å²) in [6, 6.07) is 16.7. The van der Waals surface area contributed by atoms with E-state index in [-0.39, 0.29) is 17.2 Å². The fourth-order valence-corrected chi connectivity index (χ4v) is 8.88. The van der Waals surface area contributed by atoms with Gasteiger partial charge in [-0.2, -0.15) is 0 Å². The highest BCUT2D eigenvalue weighted by molar-refractivity contribution is 7.90. The molecule has 0 N–H and O–H groups in total. The van der Waals surface area contributed by atoms with Gasteiger partial charge < -0.3 is 4.74 Å². The Bertz CT molecular complexity index is 1160. The highest BCUT2D eigenvalue weighted by Gasteiger charge is 2.72. The van der Waals surface area contributed by atoms with Crippen LogP contribution in [-0.2, 0) is 19.6 Å². The number of carbonyl (C=O) groups is 2. The maximum absolute atomic E-state index is 13.8. The minimum Gasteiger partial charge on any atom is -0.444 e. The van der Waals surface area contributed by atoms with Gasteiger partial charge in [0.1, 0.15) is 0 Å². The van der Waals surface area contributed by atoms with Crippen molar-refractivity contribution >= 4 is 21.9 Å². The summed E-state index contributed by atoms with van der Waals surface area (Å²) in [5, 5.41) is 0. The third-order valence-corrected chi connectivity index (χ3v) is 10.1. The molecular formula is C25H27NO5S. The molecule has 1 aliphatic heterocycles. The van der Waals surface area contributed by atoms with Crippen LogP contribution in [0.1, 0.15) is 55.1 Å². The molecule has 2 saturated carbocycles. The molecule has 0 aromatic heterocycles. The summed E-state index contributed by atoms with van der Waals surface area (Å²) in [6.07, 6.45) is 1.15. The number of nitrogens with zero attached hydrogens (tertiary/aromatic N) is 1. The standard InChI is InChI=1S/C25H27NO5S/c1-24(2)19-13-14-25(24)16-32(29,30)26(20(25)15-19)22(27)21(17-9-5-3-6-10-17)31-23(28)18-11-7-4-8-12-18/h3-12,19-21H,13-16H2,1-2H3/t19-,20-,21+,25-/m1/s1. The predicted octanol–water partition coefficient (Wildman–Crippen LogP) is 3.95. The molecule has 168 valence electrons. The summed E-state index contributed by atoms with van der Waals surface area (Å²) in [6.45, 7) is 4.27. The van der Waals surface area contributed by atoms with E-state index in [0.29, 0.717) is 23.5 Å². The van der Waals surface area contributed by atoms with Crippen molar-refractivity contribution in [3.63, 3.8) is 0 Å². The monoisotopic (exact) mass is 453 g/mol. The van der Waals surface area contributed by atoms with Gasteiger partial charge in [-0.05, 0) is 42.7 Å². The van der Waals surface area contributed by atoms with Crippen LogP contribution in [-0.4, -0.2) is 36.4 Å². The number of esters is 1. The Morgan fingerprint density at radius 3 is 2.28 bits per heavy atom. The number of fused-ring (bicyclic) bond motifs is 1. The van der Waals surface area contributed by atoms with Crippen LogP contribution in [0.3, 0.4) is 0 Å². The van der Waals surface area contributed by atoms with Crippen LogP contribution < -0.4 is 0 Å². The lowest BCUT2D eigenvalue weighted by Gasteiger charge is -2.37. The van der Waals surface area contributed by atoms with Gasteiger partial charge >= 0.3 is 5.97 Å². The van der Waals surface area contributed by atoms with E-state index in [1.54, 1.807) is 60.7 Å². The van der Waals surface area contributed by atoms with Crippen molar-refractivity contribution in [3.8, 4) is 0 Å². The molecule has 2 bridgehead atoms. The van der Waals surface area contributed by atoms with Crippen molar-refractivity contribution in [2.75, 3.05) is 5.75 Å². The van der Waals surface area contributed by atoms with Gasteiger partial charge in [-0.1, -0.05) is 62.4 Å². The van der Waals surface area contributed by atoms with Gasteiger partial charge in [0.05, 0.1) is 17.4 Å².